The smallest absolute Gasteiger partial charge is 0.277 e. The zero-order valence-corrected chi connectivity index (χ0v) is 11.5. The molecule has 1 amide bonds. The molecule has 0 bridgehead atoms. The predicted octanol–water partition coefficient (Wildman–Crippen LogP) is 3.41. The van der Waals surface area contributed by atoms with Gasteiger partial charge >= 0.3 is 0 Å². The van der Waals surface area contributed by atoms with Crippen molar-refractivity contribution in [1.82, 2.24) is 5.16 Å². The van der Waals surface area contributed by atoms with Crippen LogP contribution in [0.15, 0.2) is 65.2 Å². The quantitative estimate of drug-likeness (QED) is 0.748. The third kappa shape index (κ3) is 2.93. The average molecular weight is 292 g/mol. The van der Waals surface area contributed by atoms with Gasteiger partial charge in [0.15, 0.2) is 11.5 Å². The summed E-state index contributed by atoms with van der Waals surface area (Å²) in [6.07, 6.45) is 0.745. The van der Waals surface area contributed by atoms with Gasteiger partial charge in [-0.1, -0.05) is 35.5 Å². The van der Waals surface area contributed by atoms with Gasteiger partial charge in [-0.25, -0.2) is 0 Å². The van der Waals surface area contributed by atoms with Crippen LogP contribution in [-0.2, 0) is 0 Å². The molecule has 0 atom stereocenters. The van der Waals surface area contributed by atoms with E-state index in [-0.39, 0.29) is 11.6 Å². The SMILES string of the molecule is O=Cc1ccc(NC(=O)c2cc(-c3ccccc3)on2)cc1. The second kappa shape index (κ2) is 6.05. The van der Waals surface area contributed by atoms with Crippen LogP contribution in [0.3, 0.4) is 0 Å². The number of aldehydes is 1. The monoisotopic (exact) mass is 292 g/mol. The van der Waals surface area contributed by atoms with E-state index in [1.54, 1.807) is 30.3 Å². The highest BCUT2D eigenvalue weighted by molar-refractivity contribution is 6.03. The van der Waals surface area contributed by atoms with E-state index in [9.17, 15) is 9.59 Å². The van der Waals surface area contributed by atoms with E-state index in [4.69, 9.17) is 4.52 Å². The lowest BCUT2D eigenvalue weighted by molar-refractivity contribution is 0.101. The van der Waals surface area contributed by atoms with Gasteiger partial charge < -0.3 is 9.84 Å². The predicted molar refractivity (Wildman–Crippen MR) is 81.7 cm³/mol. The Morgan fingerprint density at radius 1 is 1.05 bits per heavy atom. The number of rotatable bonds is 4. The van der Waals surface area contributed by atoms with Gasteiger partial charge in [0.25, 0.3) is 5.91 Å². The number of carbonyl (C=O) groups excluding carboxylic acids is 2. The number of hydrogen-bond donors (Lipinski definition) is 1. The van der Waals surface area contributed by atoms with E-state index < -0.39 is 0 Å². The van der Waals surface area contributed by atoms with Crippen molar-refractivity contribution in [1.29, 1.82) is 0 Å². The highest BCUT2D eigenvalue weighted by Crippen LogP contribution is 2.20. The molecule has 0 aliphatic carbocycles. The topological polar surface area (TPSA) is 72.2 Å². The number of benzene rings is 2. The summed E-state index contributed by atoms with van der Waals surface area (Å²) in [4.78, 5) is 22.7. The lowest BCUT2D eigenvalue weighted by atomic mass is 10.1. The summed E-state index contributed by atoms with van der Waals surface area (Å²) in [5.74, 6) is 0.159. The molecule has 22 heavy (non-hydrogen) atoms. The van der Waals surface area contributed by atoms with E-state index in [0.29, 0.717) is 17.0 Å². The second-order valence-electron chi connectivity index (χ2n) is 4.64. The summed E-state index contributed by atoms with van der Waals surface area (Å²) in [5.41, 5.74) is 2.17. The third-order valence-electron chi connectivity index (χ3n) is 3.11. The Balaban J connectivity index is 1.75. The van der Waals surface area contributed by atoms with Crippen LogP contribution in [0.1, 0.15) is 20.8 Å². The van der Waals surface area contributed by atoms with Crippen molar-refractivity contribution in [2.24, 2.45) is 0 Å². The van der Waals surface area contributed by atoms with Crippen molar-refractivity contribution in [3.8, 4) is 11.3 Å². The molecule has 5 heteroatoms. The molecule has 2 aromatic carbocycles. The summed E-state index contributed by atoms with van der Waals surface area (Å²) in [7, 11) is 0. The van der Waals surface area contributed by atoms with Crippen LogP contribution in [0.4, 0.5) is 5.69 Å². The lowest BCUT2D eigenvalue weighted by Gasteiger charge is -2.02. The molecule has 1 N–H and O–H groups in total. The molecule has 0 aliphatic heterocycles. The molecular formula is C17H12N2O3. The summed E-state index contributed by atoms with van der Waals surface area (Å²) < 4.78 is 5.19. The lowest BCUT2D eigenvalue weighted by Crippen LogP contribution is -2.12. The Morgan fingerprint density at radius 2 is 1.77 bits per heavy atom. The normalized spacial score (nSPS) is 10.2. The van der Waals surface area contributed by atoms with Crippen LogP contribution in [0.5, 0.6) is 0 Å². The minimum atomic E-state index is -0.371. The molecule has 5 nitrogen and oxygen atoms in total. The molecule has 0 unspecified atom stereocenters. The number of anilines is 1. The summed E-state index contributed by atoms with van der Waals surface area (Å²) in [6.45, 7) is 0. The fraction of sp³-hybridized carbons (Fsp3) is 0. The van der Waals surface area contributed by atoms with Crippen molar-refractivity contribution in [2.75, 3.05) is 5.32 Å². The molecule has 1 heterocycles. The molecular weight excluding hydrogens is 280 g/mol. The van der Waals surface area contributed by atoms with E-state index in [1.807, 2.05) is 30.3 Å². The van der Waals surface area contributed by atoms with Crippen molar-refractivity contribution in [3.63, 3.8) is 0 Å². The Bertz CT molecular complexity index is 792. The zero-order valence-electron chi connectivity index (χ0n) is 11.5. The molecule has 0 spiro atoms. The molecule has 3 rings (SSSR count). The number of nitrogens with zero attached hydrogens (tertiary/aromatic N) is 1. The highest BCUT2D eigenvalue weighted by atomic mass is 16.5. The van der Waals surface area contributed by atoms with Crippen LogP contribution < -0.4 is 5.32 Å². The molecule has 0 radical (unpaired) electrons. The Labute approximate surface area is 126 Å². The zero-order chi connectivity index (χ0) is 15.4. The summed E-state index contributed by atoms with van der Waals surface area (Å²) in [6, 6.07) is 17.6. The van der Waals surface area contributed by atoms with Gasteiger partial charge in [-0.3, -0.25) is 9.59 Å². The first kappa shape index (κ1) is 13.8. The number of nitrogens with one attached hydrogen (secondary N) is 1. The standard InChI is InChI=1S/C17H12N2O3/c20-11-12-6-8-14(9-7-12)18-17(21)15-10-16(22-19-15)13-4-2-1-3-5-13/h1-11H,(H,18,21). The van der Waals surface area contributed by atoms with Crippen LogP contribution in [-0.4, -0.2) is 17.4 Å². The maximum Gasteiger partial charge on any atom is 0.277 e. The van der Waals surface area contributed by atoms with Crippen molar-refractivity contribution >= 4 is 17.9 Å². The first-order valence-electron chi connectivity index (χ1n) is 6.65. The fourth-order valence-electron chi connectivity index (χ4n) is 1.96. The van der Waals surface area contributed by atoms with E-state index in [2.05, 4.69) is 10.5 Å². The van der Waals surface area contributed by atoms with Gasteiger partial charge in [0.2, 0.25) is 0 Å². The maximum absolute atomic E-state index is 12.1. The van der Waals surface area contributed by atoms with Crippen LogP contribution in [0.2, 0.25) is 0 Å². The van der Waals surface area contributed by atoms with Gasteiger partial charge in [-0.05, 0) is 24.3 Å². The molecule has 0 aliphatic rings. The molecule has 108 valence electrons. The maximum atomic E-state index is 12.1. The molecule has 0 fully saturated rings. The molecule has 0 saturated heterocycles. The van der Waals surface area contributed by atoms with Gasteiger partial charge in [0.1, 0.15) is 6.29 Å². The second-order valence-corrected chi connectivity index (χ2v) is 4.64. The average Bonchev–Trinajstić information content (AvgIpc) is 3.06. The molecule has 1 aromatic heterocycles. The number of aromatic nitrogens is 1. The highest BCUT2D eigenvalue weighted by Gasteiger charge is 2.13. The molecule has 3 aromatic rings. The van der Waals surface area contributed by atoms with Crippen molar-refractivity contribution in [3.05, 3.63) is 71.9 Å². The number of amides is 1. The Hall–Kier alpha value is -3.21. The Morgan fingerprint density at radius 3 is 2.45 bits per heavy atom. The number of carbonyl (C=O) groups is 2. The summed E-state index contributed by atoms with van der Waals surface area (Å²) in [5, 5.41) is 6.48. The van der Waals surface area contributed by atoms with Crippen molar-refractivity contribution in [2.45, 2.75) is 0 Å². The molecule has 0 saturated carbocycles. The fourth-order valence-corrected chi connectivity index (χ4v) is 1.96. The van der Waals surface area contributed by atoms with Gasteiger partial charge in [0, 0.05) is 22.9 Å². The Kier molecular flexibility index (Phi) is 3.78. The minimum absolute atomic E-state index is 0.193. The summed E-state index contributed by atoms with van der Waals surface area (Å²) >= 11 is 0. The van der Waals surface area contributed by atoms with E-state index in [1.165, 1.54) is 0 Å². The first-order chi connectivity index (χ1) is 10.8. The van der Waals surface area contributed by atoms with Crippen LogP contribution in [0, 0.1) is 0 Å². The van der Waals surface area contributed by atoms with E-state index >= 15 is 0 Å². The first-order valence-corrected chi connectivity index (χ1v) is 6.65. The van der Waals surface area contributed by atoms with Crippen molar-refractivity contribution < 1.29 is 14.1 Å². The van der Waals surface area contributed by atoms with Gasteiger partial charge in [-0.15, -0.1) is 0 Å². The van der Waals surface area contributed by atoms with Gasteiger partial charge in [-0.2, -0.15) is 0 Å². The van der Waals surface area contributed by atoms with Gasteiger partial charge in [0.05, 0.1) is 0 Å². The van der Waals surface area contributed by atoms with E-state index in [0.717, 1.165) is 11.8 Å². The third-order valence-corrected chi connectivity index (χ3v) is 3.11. The van der Waals surface area contributed by atoms with Crippen LogP contribution in [0.25, 0.3) is 11.3 Å². The van der Waals surface area contributed by atoms with Crippen LogP contribution >= 0.6 is 0 Å². The largest absolute Gasteiger partial charge is 0.355 e. The number of hydrogen-bond acceptors (Lipinski definition) is 4. The minimum Gasteiger partial charge on any atom is -0.355 e.